The molecule has 0 aliphatic heterocycles. The van der Waals surface area contributed by atoms with Crippen LogP contribution in [-0.4, -0.2) is 35.5 Å². The Bertz CT molecular complexity index is 796. The number of aryl methyl sites for hydroxylation is 2. The van der Waals surface area contributed by atoms with Crippen molar-refractivity contribution in [1.82, 2.24) is 14.9 Å². The molecule has 0 radical (unpaired) electrons. The molecule has 0 fully saturated rings. The molecule has 2 aromatic heterocycles. The van der Waals surface area contributed by atoms with E-state index in [4.69, 9.17) is 9.97 Å². The quantitative estimate of drug-likeness (QED) is 0.657. The first kappa shape index (κ1) is 16.9. The van der Waals surface area contributed by atoms with Crippen LogP contribution in [0.4, 0.5) is 5.82 Å². The lowest BCUT2D eigenvalue weighted by molar-refractivity contribution is 0.391. The van der Waals surface area contributed by atoms with Crippen molar-refractivity contribution in [3.63, 3.8) is 0 Å². The van der Waals surface area contributed by atoms with Gasteiger partial charge in [-0.3, -0.25) is 0 Å². The summed E-state index contributed by atoms with van der Waals surface area (Å²) in [5, 5.41) is 4.66. The molecule has 2 heterocycles. The maximum atomic E-state index is 4.74. The molecule has 0 amide bonds. The summed E-state index contributed by atoms with van der Waals surface area (Å²) in [6.07, 6.45) is 2.16. The number of nitrogens with zero attached hydrogens (tertiary/aromatic N) is 3. The second-order valence-corrected chi connectivity index (χ2v) is 7.55. The number of fused-ring (bicyclic) bond motifs is 1. The molecule has 24 heavy (non-hydrogen) atoms. The molecule has 0 saturated heterocycles. The number of aromatic nitrogens is 2. The van der Waals surface area contributed by atoms with Gasteiger partial charge >= 0.3 is 0 Å². The van der Waals surface area contributed by atoms with Crippen LogP contribution < -0.4 is 5.32 Å². The van der Waals surface area contributed by atoms with Crippen LogP contribution in [0.5, 0.6) is 0 Å². The van der Waals surface area contributed by atoms with Gasteiger partial charge in [0, 0.05) is 11.4 Å². The number of benzene rings is 1. The molecule has 3 rings (SSSR count). The molecule has 3 aromatic rings. The second kappa shape index (κ2) is 7.73. The third kappa shape index (κ3) is 4.30. The van der Waals surface area contributed by atoms with Crippen molar-refractivity contribution < 1.29 is 0 Å². The number of rotatable bonds is 7. The van der Waals surface area contributed by atoms with Gasteiger partial charge in [-0.25, -0.2) is 9.97 Å². The zero-order valence-corrected chi connectivity index (χ0v) is 15.4. The summed E-state index contributed by atoms with van der Waals surface area (Å²) in [5.74, 6) is 1.84. The summed E-state index contributed by atoms with van der Waals surface area (Å²) < 4.78 is 0. The Hall–Kier alpha value is -1.98. The Morgan fingerprint density at radius 2 is 1.92 bits per heavy atom. The van der Waals surface area contributed by atoms with Crippen LogP contribution in [0.15, 0.2) is 36.4 Å². The Labute approximate surface area is 147 Å². The molecule has 0 atom stereocenters. The van der Waals surface area contributed by atoms with Gasteiger partial charge in [-0.05, 0) is 45.5 Å². The first-order valence-electron chi connectivity index (χ1n) is 8.31. The predicted octanol–water partition coefficient (Wildman–Crippen LogP) is 4.11. The van der Waals surface area contributed by atoms with Gasteiger partial charge < -0.3 is 10.2 Å². The monoisotopic (exact) mass is 340 g/mol. The van der Waals surface area contributed by atoms with Crippen LogP contribution >= 0.6 is 11.3 Å². The highest BCUT2D eigenvalue weighted by Crippen LogP contribution is 2.28. The maximum Gasteiger partial charge on any atom is 0.146 e. The van der Waals surface area contributed by atoms with Gasteiger partial charge in [0.25, 0.3) is 0 Å². The van der Waals surface area contributed by atoms with Crippen molar-refractivity contribution in [3.8, 4) is 0 Å². The van der Waals surface area contributed by atoms with Gasteiger partial charge in [-0.15, -0.1) is 11.3 Å². The third-order valence-corrected chi connectivity index (χ3v) is 4.74. The molecule has 5 heteroatoms. The average Bonchev–Trinajstić information content (AvgIpc) is 2.92. The number of anilines is 1. The zero-order valence-electron chi connectivity index (χ0n) is 14.5. The van der Waals surface area contributed by atoms with E-state index in [0.29, 0.717) is 0 Å². The van der Waals surface area contributed by atoms with Gasteiger partial charge in [0.1, 0.15) is 16.5 Å². The molecule has 0 unspecified atom stereocenters. The second-order valence-electron chi connectivity index (χ2n) is 6.32. The Kier molecular flexibility index (Phi) is 5.43. The van der Waals surface area contributed by atoms with Crippen LogP contribution in [-0.2, 0) is 13.0 Å². The Morgan fingerprint density at radius 3 is 2.67 bits per heavy atom. The van der Waals surface area contributed by atoms with Crippen LogP contribution in [0.3, 0.4) is 0 Å². The van der Waals surface area contributed by atoms with E-state index >= 15 is 0 Å². The normalized spacial score (nSPS) is 11.3. The lowest BCUT2D eigenvalue weighted by Gasteiger charge is -2.11. The van der Waals surface area contributed by atoms with Crippen molar-refractivity contribution in [2.24, 2.45) is 0 Å². The van der Waals surface area contributed by atoms with Crippen molar-refractivity contribution in [1.29, 1.82) is 0 Å². The molecule has 0 saturated carbocycles. The first-order chi connectivity index (χ1) is 11.6. The summed E-state index contributed by atoms with van der Waals surface area (Å²) in [7, 11) is 4.08. The van der Waals surface area contributed by atoms with E-state index in [0.717, 1.165) is 47.8 Å². The summed E-state index contributed by atoms with van der Waals surface area (Å²) in [5.41, 5.74) is 1.38. The topological polar surface area (TPSA) is 41.1 Å². The minimum absolute atomic E-state index is 0.756. The van der Waals surface area contributed by atoms with Crippen molar-refractivity contribution >= 4 is 27.4 Å². The van der Waals surface area contributed by atoms with Gasteiger partial charge in [-0.1, -0.05) is 30.3 Å². The minimum Gasteiger partial charge on any atom is -0.369 e. The highest BCUT2D eigenvalue weighted by atomic mass is 32.1. The van der Waals surface area contributed by atoms with E-state index in [1.54, 1.807) is 11.3 Å². The molecule has 126 valence electrons. The van der Waals surface area contributed by atoms with E-state index in [9.17, 15) is 0 Å². The smallest absolute Gasteiger partial charge is 0.146 e. The van der Waals surface area contributed by atoms with Crippen LogP contribution in [0.25, 0.3) is 10.2 Å². The van der Waals surface area contributed by atoms with Crippen molar-refractivity contribution in [2.45, 2.75) is 26.3 Å². The minimum atomic E-state index is 0.756. The fourth-order valence-electron chi connectivity index (χ4n) is 2.72. The number of hydrogen-bond acceptors (Lipinski definition) is 5. The fraction of sp³-hybridized carbons (Fsp3) is 0.368. The lowest BCUT2D eigenvalue weighted by atomic mass is 10.1. The van der Waals surface area contributed by atoms with E-state index < -0.39 is 0 Å². The first-order valence-corrected chi connectivity index (χ1v) is 9.13. The summed E-state index contributed by atoms with van der Waals surface area (Å²) in [6, 6.07) is 12.8. The molecule has 0 aliphatic carbocycles. The fourth-order valence-corrected chi connectivity index (χ4v) is 3.62. The molecule has 0 spiro atoms. The molecule has 0 bridgehead atoms. The molecular weight excluding hydrogens is 316 g/mol. The molecule has 0 aliphatic rings. The van der Waals surface area contributed by atoms with Gasteiger partial charge in [0.05, 0.1) is 11.9 Å². The average molecular weight is 340 g/mol. The maximum absolute atomic E-state index is 4.74. The molecule has 1 aromatic carbocycles. The Morgan fingerprint density at radius 1 is 1.12 bits per heavy atom. The standard InChI is InChI=1S/C19H24N4S/c1-14-12-16-18(20-11-7-10-15-8-5-4-6-9-15)21-17(13-23(2)3)22-19(16)24-14/h4-6,8-9,12H,7,10-11,13H2,1-3H3,(H,20,21,22). The van der Waals surface area contributed by atoms with E-state index in [1.807, 2.05) is 14.1 Å². The van der Waals surface area contributed by atoms with Gasteiger partial charge in [0.15, 0.2) is 0 Å². The van der Waals surface area contributed by atoms with Gasteiger partial charge in [-0.2, -0.15) is 0 Å². The summed E-state index contributed by atoms with van der Waals surface area (Å²) in [4.78, 5) is 13.9. The molecule has 1 N–H and O–H groups in total. The van der Waals surface area contributed by atoms with Crippen LogP contribution in [0, 0.1) is 6.92 Å². The third-order valence-electron chi connectivity index (χ3n) is 3.80. The van der Waals surface area contributed by atoms with Crippen LogP contribution in [0.1, 0.15) is 22.7 Å². The van der Waals surface area contributed by atoms with Gasteiger partial charge in [0.2, 0.25) is 0 Å². The van der Waals surface area contributed by atoms with Crippen LogP contribution in [0.2, 0.25) is 0 Å². The largest absolute Gasteiger partial charge is 0.369 e. The highest BCUT2D eigenvalue weighted by Gasteiger charge is 2.11. The molecule has 4 nitrogen and oxygen atoms in total. The Balaban J connectivity index is 1.70. The summed E-state index contributed by atoms with van der Waals surface area (Å²) in [6.45, 7) is 3.79. The highest BCUT2D eigenvalue weighted by molar-refractivity contribution is 7.18. The SMILES string of the molecule is Cc1cc2c(NCCCc3ccccc3)nc(CN(C)C)nc2s1. The van der Waals surface area contributed by atoms with Crippen molar-refractivity contribution in [2.75, 3.05) is 26.0 Å². The molecular formula is C19H24N4S. The summed E-state index contributed by atoms with van der Waals surface area (Å²) >= 11 is 1.73. The number of hydrogen-bond donors (Lipinski definition) is 1. The number of thiophene rings is 1. The zero-order chi connectivity index (χ0) is 16.9. The predicted molar refractivity (Wildman–Crippen MR) is 103 cm³/mol. The van der Waals surface area contributed by atoms with Crippen molar-refractivity contribution in [3.05, 3.63) is 52.7 Å². The number of nitrogens with one attached hydrogen (secondary N) is 1. The van der Waals surface area contributed by atoms with E-state index in [-0.39, 0.29) is 0 Å². The van der Waals surface area contributed by atoms with E-state index in [2.05, 4.69) is 53.5 Å². The van der Waals surface area contributed by atoms with E-state index in [1.165, 1.54) is 10.4 Å². The lowest BCUT2D eigenvalue weighted by Crippen LogP contribution is -2.14.